The first-order valence-corrected chi connectivity index (χ1v) is 11.6. The second-order valence-corrected chi connectivity index (χ2v) is 8.92. The molecule has 0 aliphatic carbocycles. The molecule has 0 unspecified atom stereocenters. The summed E-state index contributed by atoms with van der Waals surface area (Å²) >= 11 is 11.7. The smallest absolute Gasteiger partial charge is 0.271 e. The maximum atomic E-state index is 12.2. The summed E-state index contributed by atoms with van der Waals surface area (Å²) in [6.07, 6.45) is 1.56. The van der Waals surface area contributed by atoms with Gasteiger partial charge in [-0.05, 0) is 105 Å². The van der Waals surface area contributed by atoms with Crippen molar-refractivity contribution in [3.8, 4) is 11.5 Å². The van der Waals surface area contributed by atoms with E-state index in [4.69, 9.17) is 21.1 Å². The largest absolute Gasteiger partial charge is 0.490 e. The molecular formula is C23H19BrClIN2O3. The average Bonchev–Trinajstić information content (AvgIpc) is 2.75. The molecule has 5 nitrogen and oxygen atoms in total. The van der Waals surface area contributed by atoms with Crippen LogP contribution >= 0.6 is 50.1 Å². The lowest BCUT2D eigenvalue weighted by Crippen LogP contribution is -2.17. The fourth-order valence-corrected chi connectivity index (χ4v) is 3.69. The van der Waals surface area contributed by atoms with E-state index < -0.39 is 0 Å². The molecule has 160 valence electrons. The summed E-state index contributed by atoms with van der Waals surface area (Å²) in [6, 6.07) is 18.4. The van der Waals surface area contributed by atoms with E-state index in [0.29, 0.717) is 35.3 Å². The Morgan fingerprint density at radius 3 is 2.52 bits per heavy atom. The Balaban J connectivity index is 1.71. The number of halogens is 3. The van der Waals surface area contributed by atoms with Crippen LogP contribution in [-0.2, 0) is 6.61 Å². The highest BCUT2D eigenvalue weighted by molar-refractivity contribution is 14.1. The van der Waals surface area contributed by atoms with Gasteiger partial charge in [0.15, 0.2) is 11.5 Å². The maximum Gasteiger partial charge on any atom is 0.271 e. The van der Waals surface area contributed by atoms with Crippen LogP contribution in [0.15, 0.2) is 70.2 Å². The van der Waals surface area contributed by atoms with Crippen molar-refractivity contribution in [2.45, 2.75) is 13.5 Å². The predicted octanol–water partition coefficient (Wildman–Crippen LogP) is 6.45. The zero-order valence-electron chi connectivity index (χ0n) is 16.6. The van der Waals surface area contributed by atoms with E-state index in [9.17, 15) is 4.79 Å². The van der Waals surface area contributed by atoms with Gasteiger partial charge in [-0.3, -0.25) is 4.79 Å². The Kier molecular flexibility index (Phi) is 8.74. The number of benzene rings is 3. The normalized spacial score (nSPS) is 10.8. The van der Waals surface area contributed by atoms with Crippen molar-refractivity contribution < 1.29 is 14.3 Å². The molecule has 0 heterocycles. The second-order valence-electron chi connectivity index (χ2n) is 6.38. The summed E-state index contributed by atoms with van der Waals surface area (Å²) in [6.45, 7) is 2.75. The molecule has 0 fully saturated rings. The molecule has 1 amide bonds. The second kappa shape index (κ2) is 11.5. The summed E-state index contributed by atoms with van der Waals surface area (Å²) in [5.74, 6) is 0.896. The molecule has 0 spiro atoms. The van der Waals surface area contributed by atoms with Crippen LogP contribution in [0, 0.1) is 3.57 Å². The van der Waals surface area contributed by atoms with Crippen molar-refractivity contribution in [2.24, 2.45) is 5.10 Å². The quantitative estimate of drug-likeness (QED) is 0.181. The van der Waals surface area contributed by atoms with Gasteiger partial charge in [-0.15, -0.1) is 0 Å². The zero-order valence-corrected chi connectivity index (χ0v) is 21.1. The molecule has 1 N–H and O–H groups in total. The van der Waals surface area contributed by atoms with E-state index in [1.165, 1.54) is 0 Å². The van der Waals surface area contributed by atoms with Crippen LogP contribution in [0.25, 0.3) is 0 Å². The van der Waals surface area contributed by atoms with Crippen molar-refractivity contribution in [3.05, 3.63) is 90.4 Å². The molecule has 0 aliphatic heterocycles. The topological polar surface area (TPSA) is 59.9 Å². The minimum absolute atomic E-state index is 0.278. The van der Waals surface area contributed by atoms with E-state index in [1.807, 2.05) is 55.5 Å². The third-order valence-electron chi connectivity index (χ3n) is 4.11. The van der Waals surface area contributed by atoms with E-state index in [1.54, 1.807) is 18.3 Å². The molecule has 3 aromatic rings. The van der Waals surface area contributed by atoms with Crippen LogP contribution in [-0.4, -0.2) is 18.7 Å². The summed E-state index contributed by atoms with van der Waals surface area (Å²) in [5, 5.41) is 4.74. The zero-order chi connectivity index (χ0) is 22.2. The molecule has 0 aliphatic rings. The number of hydrogen-bond donors (Lipinski definition) is 1. The summed E-state index contributed by atoms with van der Waals surface area (Å²) in [7, 11) is 0. The van der Waals surface area contributed by atoms with E-state index in [2.05, 4.69) is 49.0 Å². The third-order valence-corrected chi connectivity index (χ3v) is 5.67. The van der Waals surface area contributed by atoms with Crippen molar-refractivity contribution in [2.75, 3.05) is 6.61 Å². The molecule has 31 heavy (non-hydrogen) atoms. The van der Waals surface area contributed by atoms with Crippen LogP contribution in [0.1, 0.15) is 28.4 Å². The Morgan fingerprint density at radius 2 is 1.84 bits per heavy atom. The average molecular weight is 614 g/mol. The lowest BCUT2D eigenvalue weighted by Gasteiger charge is -2.14. The summed E-state index contributed by atoms with van der Waals surface area (Å²) in [5.41, 5.74) is 4.81. The number of hydrazone groups is 1. The lowest BCUT2D eigenvalue weighted by molar-refractivity contribution is 0.0955. The molecule has 8 heteroatoms. The van der Waals surface area contributed by atoms with Gasteiger partial charge >= 0.3 is 0 Å². The van der Waals surface area contributed by atoms with E-state index >= 15 is 0 Å². The summed E-state index contributed by atoms with van der Waals surface area (Å²) in [4.78, 5) is 12.2. The monoisotopic (exact) mass is 612 g/mol. The van der Waals surface area contributed by atoms with Gasteiger partial charge in [0, 0.05) is 14.2 Å². The number of amides is 1. The first-order valence-electron chi connectivity index (χ1n) is 9.39. The number of ether oxygens (including phenoxy) is 2. The van der Waals surface area contributed by atoms with E-state index in [-0.39, 0.29) is 5.91 Å². The van der Waals surface area contributed by atoms with E-state index in [0.717, 1.165) is 19.2 Å². The van der Waals surface area contributed by atoms with Crippen molar-refractivity contribution >= 4 is 62.2 Å². The molecular weight excluding hydrogens is 595 g/mol. The molecule has 3 rings (SSSR count). The van der Waals surface area contributed by atoms with Crippen LogP contribution in [0.2, 0.25) is 5.02 Å². The molecule has 0 atom stereocenters. The first-order chi connectivity index (χ1) is 15.0. The molecule has 0 radical (unpaired) electrons. The van der Waals surface area contributed by atoms with Gasteiger partial charge in [0.1, 0.15) is 6.61 Å². The highest BCUT2D eigenvalue weighted by Crippen LogP contribution is 2.37. The molecule has 0 saturated heterocycles. The third kappa shape index (κ3) is 6.95. The van der Waals surface area contributed by atoms with Gasteiger partial charge in [0.25, 0.3) is 5.91 Å². The van der Waals surface area contributed by atoms with Gasteiger partial charge in [0.05, 0.1) is 17.3 Å². The standard InChI is InChI=1S/C23H19BrClIN2O3/c1-2-30-21-12-16(13-27-28-23(29)17-5-9-19(26)10-6-17)11-20(24)22(21)31-14-15-3-7-18(25)8-4-15/h3-13H,2,14H2,1H3,(H,28,29)/b27-13-. The summed E-state index contributed by atoms with van der Waals surface area (Å²) < 4.78 is 13.5. The van der Waals surface area contributed by atoms with Crippen molar-refractivity contribution in [1.82, 2.24) is 5.43 Å². The van der Waals surface area contributed by atoms with Gasteiger partial charge in [-0.1, -0.05) is 23.7 Å². The number of carbonyl (C=O) groups excluding carboxylic acids is 1. The SMILES string of the molecule is CCOc1cc(/C=N\NC(=O)c2ccc(I)cc2)cc(Br)c1OCc1ccc(Cl)cc1. The number of nitrogens with one attached hydrogen (secondary N) is 1. The van der Waals surface area contributed by atoms with Gasteiger partial charge in [0.2, 0.25) is 0 Å². The minimum Gasteiger partial charge on any atom is -0.490 e. The lowest BCUT2D eigenvalue weighted by atomic mass is 10.2. The highest BCUT2D eigenvalue weighted by atomic mass is 127. The molecule has 3 aromatic carbocycles. The Labute approximate surface area is 208 Å². The van der Waals surface area contributed by atoms with Gasteiger partial charge in [-0.2, -0.15) is 5.10 Å². The molecule has 0 aromatic heterocycles. The van der Waals surface area contributed by atoms with Crippen LogP contribution in [0.5, 0.6) is 11.5 Å². The van der Waals surface area contributed by atoms with Crippen molar-refractivity contribution in [1.29, 1.82) is 0 Å². The van der Waals surface area contributed by atoms with Gasteiger partial charge < -0.3 is 9.47 Å². The van der Waals surface area contributed by atoms with Crippen LogP contribution in [0.3, 0.4) is 0 Å². The fourth-order valence-electron chi connectivity index (χ4n) is 2.63. The predicted molar refractivity (Wildman–Crippen MR) is 135 cm³/mol. The van der Waals surface area contributed by atoms with Crippen LogP contribution < -0.4 is 14.9 Å². The first kappa shape index (κ1) is 23.6. The molecule has 0 bridgehead atoms. The Morgan fingerprint density at radius 1 is 1.13 bits per heavy atom. The molecule has 0 saturated carbocycles. The maximum absolute atomic E-state index is 12.2. The highest BCUT2D eigenvalue weighted by Gasteiger charge is 2.12. The number of rotatable bonds is 8. The fraction of sp³-hybridized carbons (Fsp3) is 0.130. The number of carbonyl (C=O) groups is 1. The van der Waals surface area contributed by atoms with Gasteiger partial charge in [-0.25, -0.2) is 5.43 Å². The number of hydrogen-bond acceptors (Lipinski definition) is 4. The number of nitrogens with zero attached hydrogens (tertiary/aromatic N) is 1. The van der Waals surface area contributed by atoms with Crippen molar-refractivity contribution in [3.63, 3.8) is 0 Å². The van der Waals surface area contributed by atoms with Crippen LogP contribution in [0.4, 0.5) is 0 Å². The minimum atomic E-state index is -0.278. The Bertz CT molecular complexity index is 1070. The Hall–Kier alpha value is -2.10.